The number of aliphatic hydroxyl groups excluding tert-OH is 6. The highest BCUT2D eigenvalue weighted by atomic mass is 31.2. The van der Waals surface area contributed by atoms with Crippen molar-refractivity contribution >= 4 is 13.8 Å². The highest BCUT2D eigenvalue weighted by Gasteiger charge is 2.51. The van der Waals surface area contributed by atoms with E-state index in [0.717, 1.165) is 19.3 Å². The van der Waals surface area contributed by atoms with E-state index in [1.807, 2.05) is 18.2 Å². The van der Waals surface area contributed by atoms with Crippen LogP contribution in [-0.2, 0) is 23.1 Å². The van der Waals surface area contributed by atoms with Crippen LogP contribution in [0, 0.1) is 0 Å². The Kier molecular flexibility index (Phi) is 20.0. The van der Waals surface area contributed by atoms with Crippen molar-refractivity contribution < 1.29 is 58.7 Å². The van der Waals surface area contributed by atoms with Crippen molar-refractivity contribution in [2.24, 2.45) is 0 Å². The molecule has 4 unspecified atom stereocenters. The van der Waals surface area contributed by atoms with Crippen molar-refractivity contribution in [1.82, 2.24) is 0 Å². The van der Waals surface area contributed by atoms with E-state index in [1.54, 1.807) is 0 Å². The molecule has 1 fully saturated rings. The Labute approximate surface area is 248 Å². The lowest BCUT2D eigenvalue weighted by Gasteiger charge is -2.41. The van der Waals surface area contributed by atoms with Crippen LogP contribution < -0.4 is 0 Å². The second-order valence-electron chi connectivity index (χ2n) is 10.1. The van der Waals surface area contributed by atoms with E-state index < -0.39 is 69.7 Å². The first-order chi connectivity index (χ1) is 20.0. The van der Waals surface area contributed by atoms with Gasteiger partial charge in [0.2, 0.25) is 0 Å². The van der Waals surface area contributed by atoms with Gasteiger partial charge in [-0.25, -0.2) is 4.57 Å². The Morgan fingerprint density at radius 1 is 0.762 bits per heavy atom. The number of carbonyl (C=O) groups is 1. The zero-order valence-electron chi connectivity index (χ0n) is 24.3. The molecule has 7 N–H and O–H groups in total. The molecular weight excluding hydrogens is 571 g/mol. The summed E-state index contributed by atoms with van der Waals surface area (Å²) in [5.74, 6) is -0.676. The quantitative estimate of drug-likeness (QED) is 0.0428. The molecule has 1 aliphatic rings. The molecule has 242 valence electrons. The number of phosphoric acid groups is 1. The van der Waals surface area contributed by atoms with Gasteiger partial charge >= 0.3 is 13.8 Å². The molecule has 1 aliphatic carbocycles. The van der Waals surface area contributed by atoms with Crippen molar-refractivity contribution in [2.45, 2.75) is 114 Å². The molecule has 0 amide bonds. The monoisotopic (exact) mass is 620 g/mol. The van der Waals surface area contributed by atoms with Crippen LogP contribution in [0.4, 0.5) is 0 Å². The summed E-state index contributed by atoms with van der Waals surface area (Å²) in [4.78, 5) is 22.0. The van der Waals surface area contributed by atoms with Gasteiger partial charge in [-0.15, -0.1) is 0 Å². The minimum atomic E-state index is -5.03. The maximum Gasteiger partial charge on any atom is 0.472 e. The third-order valence-corrected chi connectivity index (χ3v) is 7.46. The third-order valence-electron chi connectivity index (χ3n) is 6.48. The van der Waals surface area contributed by atoms with Crippen LogP contribution in [0.3, 0.4) is 0 Å². The first-order valence-electron chi connectivity index (χ1n) is 14.5. The Morgan fingerprint density at radius 2 is 1.26 bits per heavy atom. The summed E-state index contributed by atoms with van der Waals surface area (Å²) >= 11 is 0. The number of hydrogen-bond donors (Lipinski definition) is 7. The molecule has 12 nitrogen and oxygen atoms in total. The topological polar surface area (TPSA) is 203 Å². The normalized spacial score (nSPS) is 27.3. The van der Waals surface area contributed by atoms with Gasteiger partial charge < -0.3 is 40.3 Å². The van der Waals surface area contributed by atoms with Crippen LogP contribution in [0.1, 0.15) is 71.1 Å². The molecule has 0 saturated heterocycles. The minimum Gasteiger partial charge on any atom is -0.457 e. The standard InChI is InChI=1S/C29H49O12P/c1-2-3-4-5-6-7-8-9-10-11-12-13-14-15-16-17-18-19-23(31)40-22(20-30)21-39-42(37,38)41-29-27(35)25(33)24(32)26(34)28(29)36/h7-8,10-11,13-14,16-17,22,24-30,32-36H,2-6,9,12,15,18-21H2,1H3,(H,37,38)/b8-7-,11-10-,14-13-,17-16-/t22?,24?,25-,26+,27-,28-,29?/m1/s1. The van der Waals surface area contributed by atoms with E-state index in [2.05, 4.69) is 41.8 Å². The van der Waals surface area contributed by atoms with Gasteiger partial charge in [0.05, 0.1) is 13.2 Å². The smallest absolute Gasteiger partial charge is 0.457 e. The lowest BCUT2D eigenvalue weighted by molar-refractivity contribution is -0.220. The number of aliphatic hydroxyl groups is 6. The number of rotatable bonds is 21. The molecule has 0 bridgehead atoms. The summed E-state index contributed by atoms with van der Waals surface area (Å²) in [6, 6.07) is 0. The molecule has 42 heavy (non-hydrogen) atoms. The Hall–Kier alpha value is -1.70. The fourth-order valence-corrected chi connectivity index (χ4v) is 4.96. The summed E-state index contributed by atoms with van der Waals surface area (Å²) in [6.07, 6.45) is 12.4. The van der Waals surface area contributed by atoms with E-state index in [-0.39, 0.29) is 6.42 Å². The van der Waals surface area contributed by atoms with Crippen LogP contribution in [-0.4, -0.2) is 97.4 Å². The van der Waals surface area contributed by atoms with Gasteiger partial charge in [-0.1, -0.05) is 74.8 Å². The number of allylic oxidation sites excluding steroid dienone is 8. The van der Waals surface area contributed by atoms with E-state index in [0.29, 0.717) is 12.8 Å². The molecule has 0 aliphatic heterocycles. The molecule has 1 saturated carbocycles. The van der Waals surface area contributed by atoms with E-state index in [1.165, 1.54) is 25.7 Å². The second kappa shape index (κ2) is 21.9. The Morgan fingerprint density at radius 3 is 1.79 bits per heavy atom. The Bertz CT molecular complexity index is 889. The molecule has 0 aromatic rings. The average molecular weight is 621 g/mol. The lowest BCUT2D eigenvalue weighted by atomic mass is 9.85. The zero-order valence-corrected chi connectivity index (χ0v) is 25.2. The van der Waals surface area contributed by atoms with Gasteiger partial charge in [0.1, 0.15) is 42.7 Å². The zero-order chi connectivity index (χ0) is 31.4. The van der Waals surface area contributed by atoms with Crippen LogP contribution in [0.5, 0.6) is 0 Å². The number of esters is 1. The lowest BCUT2D eigenvalue weighted by Crippen LogP contribution is -2.64. The molecule has 0 radical (unpaired) electrons. The summed E-state index contributed by atoms with van der Waals surface area (Å²) in [5.41, 5.74) is 0. The molecule has 8 atom stereocenters. The van der Waals surface area contributed by atoms with Gasteiger partial charge in [0.15, 0.2) is 0 Å². The number of carbonyl (C=O) groups excluding carboxylic acids is 1. The number of ether oxygens (including phenoxy) is 1. The number of unbranched alkanes of at least 4 members (excludes halogenated alkanes) is 4. The number of phosphoric ester groups is 1. The van der Waals surface area contributed by atoms with Crippen molar-refractivity contribution in [3.05, 3.63) is 48.6 Å². The van der Waals surface area contributed by atoms with Crippen LogP contribution in [0.2, 0.25) is 0 Å². The third kappa shape index (κ3) is 15.7. The molecular formula is C29H49O12P. The molecule has 0 heterocycles. The fourth-order valence-electron chi connectivity index (χ4n) is 3.99. The largest absolute Gasteiger partial charge is 0.472 e. The van der Waals surface area contributed by atoms with Gasteiger partial charge in [-0.3, -0.25) is 13.8 Å². The van der Waals surface area contributed by atoms with Crippen LogP contribution in [0.25, 0.3) is 0 Å². The van der Waals surface area contributed by atoms with Gasteiger partial charge in [0, 0.05) is 6.42 Å². The van der Waals surface area contributed by atoms with Gasteiger partial charge in [-0.2, -0.15) is 0 Å². The Balaban J connectivity index is 2.26. The van der Waals surface area contributed by atoms with Crippen molar-refractivity contribution in [3.8, 4) is 0 Å². The van der Waals surface area contributed by atoms with Crippen molar-refractivity contribution in [1.29, 1.82) is 0 Å². The number of hydrogen-bond acceptors (Lipinski definition) is 11. The SMILES string of the molecule is CCCCCC/C=C\C/C=C\C/C=C\C/C=C\CCC(=O)OC(CO)COP(=O)(O)OC1[C@H](O)[C@H](O)C(O)[C@H](O)[C@H]1O. The summed E-state index contributed by atoms with van der Waals surface area (Å²) in [5, 5.41) is 58.3. The second-order valence-corrected chi connectivity index (χ2v) is 11.5. The predicted molar refractivity (Wildman–Crippen MR) is 156 cm³/mol. The molecule has 0 aromatic carbocycles. The predicted octanol–water partition coefficient (Wildman–Crippen LogP) is 2.36. The highest BCUT2D eigenvalue weighted by Crippen LogP contribution is 2.47. The maximum atomic E-state index is 12.2. The van der Waals surface area contributed by atoms with Gasteiger partial charge in [0.25, 0.3) is 0 Å². The van der Waals surface area contributed by atoms with Crippen molar-refractivity contribution in [3.63, 3.8) is 0 Å². The van der Waals surface area contributed by atoms with E-state index >= 15 is 0 Å². The van der Waals surface area contributed by atoms with Crippen LogP contribution in [0.15, 0.2) is 48.6 Å². The molecule has 0 spiro atoms. The summed E-state index contributed by atoms with van der Waals surface area (Å²) < 4.78 is 26.6. The highest BCUT2D eigenvalue weighted by molar-refractivity contribution is 7.47. The summed E-state index contributed by atoms with van der Waals surface area (Å²) in [6.45, 7) is 0.724. The van der Waals surface area contributed by atoms with Gasteiger partial charge in [-0.05, 0) is 38.5 Å². The van der Waals surface area contributed by atoms with Crippen LogP contribution >= 0.6 is 7.82 Å². The maximum absolute atomic E-state index is 12.2. The van der Waals surface area contributed by atoms with Crippen molar-refractivity contribution in [2.75, 3.05) is 13.2 Å². The summed E-state index contributed by atoms with van der Waals surface area (Å²) in [7, 11) is -5.03. The first-order valence-corrected chi connectivity index (χ1v) is 16.0. The van der Waals surface area contributed by atoms with E-state index in [9.17, 15) is 44.9 Å². The molecule has 1 rings (SSSR count). The molecule has 0 aromatic heterocycles. The fraction of sp³-hybridized carbons (Fsp3) is 0.690. The molecule has 13 heteroatoms. The van der Waals surface area contributed by atoms with E-state index in [4.69, 9.17) is 9.26 Å². The minimum absolute atomic E-state index is 0.00256. The average Bonchev–Trinajstić information content (AvgIpc) is 2.97. The first kappa shape index (κ1) is 38.3.